The Hall–Kier alpha value is -1.81. The molecule has 0 amide bonds. The van der Waals surface area contributed by atoms with Crippen LogP contribution in [0.15, 0.2) is 53.4 Å². The predicted molar refractivity (Wildman–Crippen MR) is 75.1 cm³/mol. The molecule has 0 atom stereocenters. The van der Waals surface area contributed by atoms with Crippen molar-refractivity contribution in [3.05, 3.63) is 59.7 Å². The van der Waals surface area contributed by atoms with Gasteiger partial charge in [0.25, 0.3) is 0 Å². The molecule has 0 saturated carbocycles. The molecule has 2 aromatic carbocycles. The summed E-state index contributed by atoms with van der Waals surface area (Å²) >= 11 is 0. The molecular formula is C15H16O3S. The first-order chi connectivity index (χ1) is 9.01. The van der Waals surface area contributed by atoms with Gasteiger partial charge >= 0.3 is 0 Å². The monoisotopic (exact) mass is 276 g/mol. The van der Waals surface area contributed by atoms with Gasteiger partial charge in [0, 0.05) is 0 Å². The van der Waals surface area contributed by atoms with Crippen molar-refractivity contribution in [1.29, 1.82) is 0 Å². The van der Waals surface area contributed by atoms with Gasteiger partial charge in [-0.15, -0.1) is 0 Å². The van der Waals surface area contributed by atoms with Crippen LogP contribution in [0.2, 0.25) is 0 Å². The molecule has 100 valence electrons. The number of aryl methyl sites for hydroxylation is 1. The van der Waals surface area contributed by atoms with Crippen LogP contribution in [-0.2, 0) is 15.6 Å². The van der Waals surface area contributed by atoms with Crippen LogP contribution in [-0.4, -0.2) is 15.5 Å². The summed E-state index contributed by atoms with van der Waals surface area (Å²) in [7, 11) is -1.76. The fourth-order valence-corrected chi connectivity index (χ4v) is 3.12. The van der Waals surface area contributed by atoms with Gasteiger partial charge in [-0.2, -0.15) is 0 Å². The summed E-state index contributed by atoms with van der Waals surface area (Å²) in [5.74, 6) is 0.661. The van der Waals surface area contributed by atoms with Gasteiger partial charge in [0.1, 0.15) is 5.75 Å². The van der Waals surface area contributed by atoms with Crippen LogP contribution >= 0.6 is 0 Å². The fourth-order valence-electron chi connectivity index (χ4n) is 1.77. The summed E-state index contributed by atoms with van der Waals surface area (Å²) < 4.78 is 29.5. The summed E-state index contributed by atoms with van der Waals surface area (Å²) in [6.07, 6.45) is 0. The van der Waals surface area contributed by atoms with Crippen molar-refractivity contribution in [2.24, 2.45) is 0 Å². The van der Waals surface area contributed by atoms with E-state index in [4.69, 9.17) is 4.74 Å². The van der Waals surface area contributed by atoms with Crippen molar-refractivity contribution in [3.63, 3.8) is 0 Å². The first-order valence-electron chi connectivity index (χ1n) is 5.93. The Morgan fingerprint density at radius 1 is 0.947 bits per heavy atom. The van der Waals surface area contributed by atoms with E-state index in [0.717, 1.165) is 11.1 Å². The highest BCUT2D eigenvalue weighted by Crippen LogP contribution is 2.19. The number of hydrogen-bond donors (Lipinski definition) is 0. The second-order valence-electron chi connectivity index (χ2n) is 4.42. The third kappa shape index (κ3) is 3.35. The highest BCUT2D eigenvalue weighted by Gasteiger charge is 2.15. The molecule has 2 rings (SSSR count). The highest BCUT2D eigenvalue weighted by molar-refractivity contribution is 7.90. The Balaban J connectivity index is 2.24. The van der Waals surface area contributed by atoms with E-state index in [9.17, 15) is 8.42 Å². The number of methoxy groups -OCH3 is 1. The second kappa shape index (κ2) is 5.45. The molecule has 0 aliphatic rings. The van der Waals surface area contributed by atoms with E-state index in [1.54, 1.807) is 31.4 Å². The summed E-state index contributed by atoms with van der Waals surface area (Å²) in [5, 5.41) is 0. The Morgan fingerprint density at radius 3 is 2.05 bits per heavy atom. The van der Waals surface area contributed by atoms with Gasteiger partial charge in [0.2, 0.25) is 0 Å². The van der Waals surface area contributed by atoms with E-state index in [0.29, 0.717) is 10.6 Å². The minimum atomic E-state index is -3.31. The molecule has 4 heteroatoms. The van der Waals surface area contributed by atoms with E-state index in [1.807, 2.05) is 31.2 Å². The van der Waals surface area contributed by atoms with E-state index < -0.39 is 9.84 Å². The van der Waals surface area contributed by atoms with Gasteiger partial charge in [0.05, 0.1) is 17.8 Å². The first-order valence-corrected chi connectivity index (χ1v) is 7.59. The first kappa shape index (κ1) is 13.6. The Morgan fingerprint density at radius 2 is 1.53 bits per heavy atom. The lowest BCUT2D eigenvalue weighted by Crippen LogP contribution is -2.04. The van der Waals surface area contributed by atoms with Crippen molar-refractivity contribution in [2.45, 2.75) is 17.6 Å². The quantitative estimate of drug-likeness (QED) is 0.862. The summed E-state index contributed by atoms with van der Waals surface area (Å²) in [6.45, 7) is 1.97. The number of rotatable bonds is 4. The van der Waals surface area contributed by atoms with Crippen molar-refractivity contribution >= 4 is 9.84 Å². The summed E-state index contributed by atoms with van der Waals surface area (Å²) in [5.41, 5.74) is 1.91. The molecule has 0 saturated heterocycles. The van der Waals surface area contributed by atoms with Crippen LogP contribution in [0.4, 0.5) is 0 Å². The van der Waals surface area contributed by atoms with Gasteiger partial charge in [-0.1, -0.05) is 29.8 Å². The predicted octanol–water partition coefficient (Wildman–Crippen LogP) is 2.98. The fraction of sp³-hybridized carbons (Fsp3) is 0.200. The molecule has 0 unspecified atom stereocenters. The van der Waals surface area contributed by atoms with Gasteiger partial charge in [-0.3, -0.25) is 0 Å². The lowest BCUT2D eigenvalue weighted by molar-refractivity contribution is 0.414. The standard InChI is InChI=1S/C15H16O3S/c1-12-3-5-13(6-4-12)11-19(16,17)15-9-7-14(18-2)8-10-15/h3-10H,11H2,1-2H3. The van der Waals surface area contributed by atoms with Gasteiger partial charge in [-0.05, 0) is 36.8 Å². The molecule has 3 nitrogen and oxygen atoms in total. The number of benzene rings is 2. The molecule has 0 aliphatic carbocycles. The van der Waals surface area contributed by atoms with E-state index in [2.05, 4.69) is 0 Å². The van der Waals surface area contributed by atoms with Crippen LogP contribution in [0, 0.1) is 6.92 Å². The number of sulfone groups is 1. The SMILES string of the molecule is COc1ccc(S(=O)(=O)Cc2ccc(C)cc2)cc1. The molecule has 0 radical (unpaired) electrons. The molecule has 0 bridgehead atoms. The average Bonchev–Trinajstić information content (AvgIpc) is 2.41. The van der Waals surface area contributed by atoms with Crippen LogP contribution < -0.4 is 4.74 Å². The zero-order valence-electron chi connectivity index (χ0n) is 11.0. The van der Waals surface area contributed by atoms with Crippen LogP contribution in [0.3, 0.4) is 0 Å². The molecule has 0 fully saturated rings. The van der Waals surface area contributed by atoms with Crippen molar-refractivity contribution in [2.75, 3.05) is 7.11 Å². The third-order valence-electron chi connectivity index (χ3n) is 2.90. The minimum absolute atomic E-state index is 0.0135. The van der Waals surface area contributed by atoms with E-state index in [1.165, 1.54) is 0 Å². The maximum Gasteiger partial charge on any atom is 0.182 e. The van der Waals surface area contributed by atoms with Gasteiger partial charge in [-0.25, -0.2) is 8.42 Å². The zero-order valence-corrected chi connectivity index (χ0v) is 11.8. The van der Waals surface area contributed by atoms with Crippen LogP contribution in [0.1, 0.15) is 11.1 Å². The highest BCUT2D eigenvalue weighted by atomic mass is 32.2. The molecule has 0 N–H and O–H groups in total. The van der Waals surface area contributed by atoms with Crippen molar-refractivity contribution in [3.8, 4) is 5.75 Å². The van der Waals surface area contributed by atoms with Crippen LogP contribution in [0.5, 0.6) is 5.75 Å². The number of ether oxygens (including phenoxy) is 1. The Bertz CT molecular complexity index is 641. The van der Waals surface area contributed by atoms with E-state index >= 15 is 0 Å². The normalized spacial score (nSPS) is 11.3. The van der Waals surface area contributed by atoms with Crippen molar-refractivity contribution in [1.82, 2.24) is 0 Å². The molecular weight excluding hydrogens is 260 g/mol. The van der Waals surface area contributed by atoms with E-state index in [-0.39, 0.29) is 5.75 Å². The molecule has 0 aromatic heterocycles. The van der Waals surface area contributed by atoms with Crippen molar-refractivity contribution < 1.29 is 13.2 Å². The van der Waals surface area contributed by atoms with Crippen LogP contribution in [0.25, 0.3) is 0 Å². The molecule has 0 heterocycles. The average molecular weight is 276 g/mol. The Labute approximate surface area is 113 Å². The van der Waals surface area contributed by atoms with Gasteiger partial charge < -0.3 is 4.74 Å². The number of hydrogen-bond acceptors (Lipinski definition) is 3. The minimum Gasteiger partial charge on any atom is -0.497 e. The lowest BCUT2D eigenvalue weighted by atomic mass is 10.2. The maximum atomic E-state index is 12.2. The smallest absolute Gasteiger partial charge is 0.182 e. The Kier molecular flexibility index (Phi) is 3.90. The molecule has 2 aromatic rings. The van der Waals surface area contributed by atoms with Gasteiger partial charge in [0.15, 0.2) is 9.84 Å². The molecule has 19 heavy (non-hydrogen) atoms. The summed E-state index contributed by atoms with van der Waals surface area (Å²) in [6, 6.07) is 14.0. The molecule has 0 aliphatic heterocycles. The largest absolute Gasteiger partial charge is 0.497 e. The summed E-state index contributed by atoms with van der Waals surface area (Å²) in [4.78, 5) is 0.314. The lowest BCUT2D eigenvalue weighted by Gasteiger charge is -2.06. The topological polar surface area (TPSA) is 43.4 Å². The zero-order chi connectivity index (χ0) is 13.9. The molecule has 0 spiro atoms. The third-order valence-corrected chi connectivity index (χ3v) is 4.60. The maximum absolute atomic E-state index is 12.2. The second-order valence-corrected chi connectivity index (χ2v) is 6.41.